The molecule has 0 aliphatic carbocycles. The average Bonchev–Trinajstić information content (AvgIpc) is 2.03. The van der Waals surface area contributed by atoms with Gasteiger partial charge in [-0.2, -0.15) is 0 Å². The molecule has 64 valence electrons. The van der Waals surface area contributed by atoms with Gasteiger partial charge in [0.15, 0.2) is 5.84 Å². The van der Waals surface area contributed by atoms with Crippen molar-refractivity contribution in [3.63, 3.8) is 0 Å². The van der Waals surface area contributed by atoms with Crippen LogP contribution in [0.2, 0.25) is 0 Å². The maximum atomic E-state index is 11.0. The Morgan fingerprint density at radius 1 is 1.75 bits per heavy atom. The van der Waals surface area contributed by atoms with E-state index in [1.165, 1.54) is 6.07 Å². The van der Waals surface area contributed by atoms with Crippen LogP contribution in [-0.2, 0) is 0 Å². The summed E-state index contributed by atoms with van der Waals surface area (Å²) in [7, 11) is 1.89. The Hall–Kier alpha value is -1.35. The third kappa shape index (κ3) is 1.46. The van der Waals surface area contributed by atoms with Crippen LogP contribution in [0.5, 0.6) is 5.75 Å². The van der Waals surface area contributed by atoms with Gasteiger partial charge in [-0.05, 0) is 0 Å². The van der Waals surface area contributed by atoms with Crippen molar-refractivity contribution < 1.29 is 8.94 Å². The normalized spacial score (nSPS) is 9.42. The number of hydrogen-bond donors (Lipinski definition) is 2. The molecule has 0 spiro atoms. The maximum Gasteiger partial charge on any atom is 0.227 e. The topological polar surface area (TPSA) is 89.3 Å². The van der Waals surface area contributed by atoms with Gasteiger partial charge in [0.1, 0.15) is 0 Å². The van der Waals surface area contributed by atoms with Gasteiger partial charge in [0.2, 0.25) is 16.9 Å². The van der Waals surface area contributed by atoms with Gasteiger partial charge >= 0.3 is 0 Å². The fourth-order valence-corrected chi connectivity index (χ4v) is 0.926. The molecule has 0 aliphatic rings. The molecule has 3 N–H and O–H groups in total. The summed E-state index contributed by atoms with van der Waals surface area (Å²) in [5.41, 5.74) is 4.75. The number of amidine groups is 1. The number of nitrogen functional groups attached to an aromatic ring is 1. The zero-order valence-corrected chi connectivity index (χ0v) is 7.19. The quantitative estimate of drug-likeness (QED) is 0.389. The number of nitrogens with two attached hydrogens (primary N) is 1. The summed E-state index contributed by atoms with van der Waals surface area (Å²) < 4.78 is 9.43. The Labute approximate surface area is 70.3 Å². The van der Waals surface area contributed by atoms with Crippen molar-refractivity contribution in [3.8, 4) is 5.75 Å². The van der Waals surface area contributed by atoms with Crippen LogP contribution in [0.4, 0.5) is 0 Å². The maximum absolute atomic E-state index is 11.0. The molecule has 6 heteroatoms. The van der Waals surface area contributed by atoms with Crippen molar-refractivity contribution in [2.24, 2.45) is 5.73 Å². The lowest BCUT2D eigenvalue weighted by atomic mass is 10.3. The lowest BCUT2D eigenvalue weighted by Crippen LogP contribution is -2.15. The smallest absolute Gasteiger partial charge is 0.227 e. The van der Waals surface area contributed by atoms with E-state index in [0.717, 1.165) is 6.26 Å². The second-order valence-electron chi connectivity index (χ2n) is 1.97. The minimum atomic E-state index is -0.374. The zero-order chi connectivity index (χ0) is 9.14. The van der Waals surface area contributed by atoms with Crippen LogP contribution in [-0.4, -0.2) is 5.84 Å². The Morgan fingerprint density at radius 3 is 2.83 bits per heavy atom. The van der Waals surface area contributed by atoms with E-state index in [-0.39, 0.29) is 22.8 Å². The Morgan fingerprint density at radius 2 is 2.42 bits per heavy atom. The van der Waals surface area contributed by atoms with Gasteiger partial charge in [0, 0.05) is 6.07 Å². The first-order valence-electron chi connectivity index (χ1n) is 2.99. The largest absolute Gasteiger partial charge is 0.472 e. The highest BCUT2D eigenvalue weighted by molar-refractivity contribution is 7.10. The van der Waals surface area contributed by atoms with Crippen LogP contribution in [0.3, 0.4) is 0 Å². The average molecular weight is 186 g/mol. The summed E-state index contributed by atoms with van der Waals surface area (Å²) >= 11 is 0. The predicted molar refractivity (Wildman–Crippen MR) is 46.3 cm³/mol. The molecule has 0 aromatic carbocycles. The highest BCUT2D eigenvalue weighted by Gasteiger charge is 2.11. The van der Waals surface area contributed by atoms with Crippen LogP contribution < -0.4 is 15.7 Å². The van der Waals surface area contributed by atoms with Crippen LogP contribution in [0.15, 0.2) is 21.5 Å². The van der Waals surface area contributed by atoms with Gasteiger partial charge in [0.05, 0.1) is 15.7 Å². The molecule has 1 aromatic rings. The molecule has 1 heterocycles. The molecule has 1 rings (SSSR count). The minimum Gasteiger partial charge on any atom is -0.472 e. The van der Waals surface area contributed by atoms with Gasteiger partial charge in [0.25, 0.3) is 0 Å². The van der Waals surface area contributed by atoms with Crippen LogP contribution in [0.1, 0.15) is 5.76 Å². The highest BCUT2D eigenvalue weighted by Crippen LogP contribution is 2.13. The van der Waals surface area contributed by atoms with E-state index < -0.39 is 0 Å². The molecule has 0 bridgehead atoms. The molecule has 0 amide bonds. The minimum absolute atomic E-state index is 0.0579. The first kappa shape index (κ1) is 8.74. The first-order chi connectivity index (χ1) is 5.66. The standard InChI is InChI=1S/C6H7N2O3P/c7-6(8)5-4(11-12)3(9)1-2-10-5/h1-2H,12H2,(H3,7,8). The van der Waals surface area contributed by atoms with Crippen molar-refractivity contribution in [1.82, 2.24) is 0 Å². The highest BCUT2D eigenvalue weighted by atomic mass is 31.0. The van der Waals surface area contributed by atoms with E-state index in [9.17, 15) is 4.79 Å². The number of hydrogen-bond acceptors (Lipinski definition) is 4. The van der Waals surface area contributed by atoms with Crippen LogP contribution >= 0.6 is 9.47 Å². The summed E-state index contributed by atoms with van der Waals surface area (Å²) in [6, 6.07) is 1.19. The van der Waals surface area contributed by atoms with Crippen molar-refractivity contribution in [3.05, 3.63) is 28.3 Å². The van der Waals surface area contributed by atoms with Crippen LogP contribution in [0, 0.1) is 5.41 Å². The summed E-state index contributed by atoms with van der Waals surface area (Å²) in [6.07, 6.45) is 1.16. The molecule has 1 aromatic heterocycles. The van der Waals surface area contributed by atoms with E-state index in [4.69, 9.17) is 15.6 Å². The number of nitrogens with one attached hydrogen (secondary N) is 1. The SMILES string of the molecule is N=C(N)c1occc(=O)c1OP. The fourth-order valence-electron chi connectivity index (χ4n) is 0.702. The molecule has 0 saturated carbocycles. The monoisotopic (exact) mass is 186 g/mol. The van der Waals surface area contributed by atoms with E-state index in [1.54, 1.807) is 0 Å². The Bertz CT molecular complexity index is 360. The molecule has 0 fully saturated rings. The van der Waals surface area contributed by atoms with E-state index in [0.29, 0.717) is 0 Å². The second kappa shape index (κ2) is 3.36. The summed E-state index contributed by atoms with van der Waals surface area (Å²) in [5, 5.41) is 7.03. The van der Waals surface area contributed by atoms with Gasteiger partial charge in [-0.1, -0.05) is 0 Å². The van der Waals surface area contributed by atoms with Gasteiger partial charge in [-0.15, -0.1) is 0 Å². The molecule has 0 saturated heterocycles. The van der Waals surface area contributed by atoms with Crippen molar-refractivity contribution in [2.45, 2.75) is 0 Å². The summed E-state index contributed by atoms with van der Waals surface area (Å²) in [5.74, 6) is -0.474. The Kier molecular flexibility index (Phi) is 2.45. The Balaban J connectivity index is 3.38. The van der Waals surface area contributed by atoms with E-state index in [1.807, 2.05) is 9.47 Å². The van der Waals surface area contributed by atoms with Gasteiger partial charge < -0.3 is 14.7 Å². The molecule has 1 atom stereocenters. The third-order valence-corrected chi connectivity index (χ3v) is 1.43. The molecule has 0 aliphatic heterocycles. The predicted octanol–water partition coefficient (Wildman–Crippen LogP) is 0.0928. The van der Waals surface area contributed by atoms with Crippen molar-refractivity contribution in [1.29, 1.82) is 5.41 Å². The molecule has 5 nitrogen and oxygen atoms in total. The summed E-state index contributed by atoms with van der Waals surface area (Å²) in [4.78, 5) is 11.0. The number of rotatable bonds is 2. The molecule has 12 heavy (non-hydrogen) atoms. The third-order valence-electron chi connectivity index (χ3n) is 1.20. The lowest BCUT2D eigenvalue weighted by molar-refractivity contribution is 0.498. The van der Waals surface area contributed by atoms with Crippen molar-refractivity contribution >= 4 is 15.3 Å². The first-order valence-corrected chi connectivity index (χ1v) is 3.47. The van der Waals surface area contributed by atoms with Gasteiger partial charge in [-0.25, -0.2) is 0 Å². The molecular weight excluding hydrogens is 179 g/mol. The second-order valence-corrected chi connectivity index (χ2v) is 2.21. The van der Waals surface area contributed by atoms with Crippen LogP contribution in [0.25, 0.3) is 0 Å². The van der Waals surface area contributed by atoms with E-state index >= 15 is 0 Å². The van der Waals surface area contributed by atoms with Crippen molar-refractivity contribution in [2.75, 3.05) is 0 Å². The zero-order valence-electron chi connectivity index (χ0n) is 6.03. The molecule has 0 radical (unpaired) electrons. The molecule has 1 unspecified atom stereocenters. The summed E-state index contributed by atoms with van der Waals surface area (Å²) in [6.45, 7) is 0. The lowest BCUT2D eigenvalue weighted by Gasteiger charge is -2.02. The fraction of sp³-hybridized carbons (Fsp3) is 0. The van der Waals surface area contributed by atoms with Gasteiger partial charge in [-0.3, -0.25) is 10.2 Å². The van der Waals surface area contributed by atoms with E-state index in [2.05, 4.69) is 4.52 Å². The molecular formula is C6H7N2O3P.